The molecule has 2 aliphatic rings. The Morgan fingerprint density at radius 1 is 0.565 bits per heavy atom. The molecule has 10 atom stereocenters. The van der Waals surface area contributed by atoms with Crippen LogP contribution < -0.4 is 0 Å². The maximum Gasteiger partial charge on any atom is 0.189 e. The maximum absolute atomic E-state index is 9.84. The van der Waals surface area contributed by atoms with Gasteiger partial charge in [0.15, 0.2) is 12.6 Å². The average Bonchev–Trinajstić information content (AvgIpc) is 2.55. The smallest absolute Gasteiger partial charge is 0.189 e. The third-order valence-electron chi connectivity index (χ3n) is 3.97. The molecule has 0 aromatic heterocycles. The molecule has 0 radical (unpaired) electrons. The highest BCUT2D eigenvalue weighted by Gasteiger charge is 2.49. The van der Waals surface area contributed by atoms with Crippen LogP contribution in [-0.2, 0) is 14.2 Å². The van der Waals surface area contributed by atoms with E-state index in [9.17, 15) is 30.6 Å². The van der Waals surface area contributed by atoms with Gasteiger partial charge in [-0.2, -0.15) is 0 Å². The van der Waals surface area contributed by atoms with Crippen molar-refractivity contribution in [3.8, 4) is 0 Å². The number of hydrogen-bond donors (Lipinski definition) is 8. The highest BCUT2D eigenvalue weighted by atomic mass is 16.8. The summed E-state index contributed by atoms with van der Waals surface area (Å²) in [5, 5.41) is 76.4. The monoisotopic (exact) mass is 342 g/mol. The van der Waals surface area contributed by atoms with Gasteiger partial charge in [0.1, 0.15) is 48.8 Å². The lowest BCUT2D eigenvalue weighted by atomic mass is 9.98. The Labute approximate surface area is 130 Å². The lowest BCUT2D eigenvalue weighted by Gasteiger charge is -2.44. The van der Waals surface area contributed by atoms with Crippen molar-refractivity contribution in [2.45, 2.75) is 61.4 Å². The van der Waals surface area contributed by atoms with E-state index in [0.717, 1.165) is 0 Å². The summed E-state index contributed by atoms with van der Waals surface area (Å²) >= 11 is 0. The molecule has 2 fully saturated rings. The van der Waals surface area contributed by atoms with Crippen LogP contribution in [0.2, 0.25) is 0 Å². The largest absolute Gasteiger partial charge is 0.394 e. The predicted molar refractivity (Wildman–Crippen MR) is 68.6 cm³/mol. The van der Waals surface area contributed by atoms with Crippen LogP contribution in [0, 0.1) is 0 Å². The fourth-order valence-corrected chi connectivity index (χ4v) is 2.49. The number of hydrogen-bond acceptors (Lipinski definition) is 11. The Balaban J connectivity index is 2.07. The van der Waals surface area contributed by atoms with Crippen LogP contribution in [-0.4, -0.2) is 115 Å². The van der Waals surface area contributed by atoms with E-state index >= 15 is 0 Å². The molecule has 8 N–H and O–H groups in total. The third-order valence-corrected chi connectivity index (χ3v) is 3.97. The van der Waals surface area contributed by atoms with Gasteiger partial charge in [-0.3, -0.25) is 0 Å². The molecule has 2 saturated heterocycles. The van der Waals surface area contributed by atoms with Gasteiger partial charge in [-0.25, -0.2) is 0 Å². The van der Waals surface area contributed by atoms with Crippen molar-refractivity contribution in [3.63, 3.8) is 0 Å². The lowest BCUT2D eigenvalue weighted by molar-refractivity contribution is -0.376. The Morgan fingerprint density at radius 3 is 1.22 bits per heavy atom. The molecule has 0 aromatic carbocycles. The average molecular weight is 342 g/mol. The van der Waals surface area contributed by atoms with Crippen molar-refractivity contribution in [1.82, 2.24) is 0 Å². The van der Waals surface area contributed by atoms with Crippen LogP contribution in [0.15, 0.2) is 0 Å². The lowest BCUT2D eigenvalue weighted by Crippen LogP contribution is -2.63. The quantitative estimate of drug-likeness (QED) is 0.243. The fraction of sp³-hybridized carbons (Fsp3) is 1.00. The van der Waals surface area contributed by atoms with Gasteiger partial charge in [0.05, 0.1) is 13.2 Å². The summed E-state index contributed by atoms with van der Waals surface area (Å²) in [7, 11) is 0. The summed E-state index contributed by atoms with van der Waals surface area (Å²) in [4.78, 5) is 0. The normalized spacial score (nSPS) is 51.7. The van der Waals surface area contributed by atoms with Gasteiger partial charge in [-0.1, -0.05) is 0 Å². The first-order valence-corrected chi connectivity index (χ1v) is 7.08. The minimum absolute atomic E-state index is 0.667. The fourth-order valence-electron chi connectivity index (χ4n) is 2.49. The van der Waals surface area contributed by atoms with Gasteiger partial charge < -0.3 is 55.1 Å². The predicted octanol–water partition coefficient (Wildman–Crippen LogP) is -5.40. The Kier molecular flexibility index (Phi) is 6.27. The number of aliphatic hydroxyl groups excluding tert-OH is 8. The zero-order chi connectivity index (χ0) is 17.3. The highest BCUT2D eigenvalue weighted by Crippen LogP contribution is 2.27. The van der Waals surface area contributed by atoms with Crippen LogP contribution in [0.1, 0.15) is 0 Å². The van der Waals surface area contributed by atoms with E-state index < -0.39 is 74.6 Å². The molecule has 11 heteroatoms. The number of ether oxygens (including phenoxy) is 3. The van der Waals surface area contributed by atoms with E-state index in [0.29, 0.717) is 0 Å². The number of aliphatic hydroxyl groups is 8. The summed E-state index contributed by atoms with van der Waals surface area (Å²) in [5.41, 5.74) is 0. The third kappa shape index (κ3) is 3.65. The molecule has 2 rings (SSSR count). The molecule has 23 heavy (non-hydrogen) atoms. The molecule has 136 valence electrons. The topological polar surface area (TPSA) is 190 Å². The molecule has 2 aliphatic heterocycles. The van der Waals surface area contributed by atoms with Crippen molar-refractivity contribution in [2.75, 3.05) is 13.2 Å². The van der Waals surface area contributed by atoms with Crippen molar-refractivity contribution in [3.05, 3.63) is 0 Å². The molecule has 0 spiro atoms. The zero-order valence-electron chi connectivity index (χ0n) is 12.0. The Hall–Kier alpha value is -0.440. The van der Waals surface area contributed by atoms with Gasteiger partial charge in [0.2, 0.25) is 0 Å². The van der Waals surface area contributed by atoms with E-state index in [1.54, 1.807) is 0 Å². The van der Waals surface area contributed by atoms with Crippen LogP contribution in [0.3, 0.4) is 0 Å². The second-order valence-corrected chi connectivity index (χ2v) is 5.53. The van der Waals surface area contributed by atoms with E-state index in [-0.39, 0.29) is 0 Å². The SMILES string of the molecule is OC[C@@H]1O[C@H](O[C@@H]2O[C@H](CO)[C@H](O)[C@@H](O)[C@@H]2O)[C@@H](O)[C@H](O)[C@H]1O. The molecule has 0 saturated carbocycles. The molecule has 0 unspecified atom stereocenters. The van der Waals surface area contributed by atoms with Crippen LogP contribution in [0.5, 0.6) is 0 Å². The van der Waals surface area contributed by atoms with Crippen LogP contribution in [0.25, 0.3) is 0 Å². The highest BCUT2D eigenvalue weighted by molar-refractivity contribution is 4.92. The summed E-state index contributed by atoms with van der Waals surface area (Å²) < 4.78 is 15.3. The van der Waals surface area contributed by atoms with Crippen molar-refractivity contribution in [1.29, 1.82) is 0 Å². The van der Waals surface area contributed by atoms with Crippen LogP contribution >= 0.6 is 0 Å². The Bertz CT molecular complexity index is 344. The second-order valence-electron chi connectivity index (χ2n) is 5.53. The van der Waals surface area contributed by atoms with Crippen LogP contribution in [0.4, 0.5) is 0 Å². The second kappa shape index (κ2) is 7.63. The molecule has 0 bridgehead atoms. The van der Waals surface area contributed by atoms with Crippen molar-refractivity contribution in [2.24, 2.45) is 0 Å². The first kappa shape index (κ1) is 18.9. The maximum atomic E-state index is 9.84. The number of rotatable bonds is 4. The molecule has 0 aromatic rings. The minimum atomic E-state index is -1.72. The summed E-state index contributed by atoms with van der Waals surface area (Å²) in [5.74, 6) is 0. The van der Waals surface area contributed by atoms with Gasteiger partial charge in [0.25, 0.3) is 0 Å². The van der Waals surface area contributed by atoms with E-state index in [1.165, 1.54) is 0 Å². The summed E-state index contributed by atoms with van der Waals surface area (Å²) in [6, 6.07) is 0. The molecule has 0 amide bonds. The zero-order valence-corrected chi connectivity index (χ0v) is 12.0. The van der Waals surface area contributed by atoms with Gasteiger partial charge in [-0.15, -0.1) is 0 Å². The van der Waals surface area contributed by atoms with Gasteiger partial charge in [0, 0.05) is 0 Å². The summed E-state index contributed by atoms with van der Waals surface area (Å²) in [6.07, 6.45) is -15.6. The van der Waals surface area contributed by atoms with Gasteiger partial charge in [-0.05, 0) is 0 Å². The standard InChI is InChI=1S/C12H22O11/c13-1-3-5(15)7(17)9(19)11(21-3)23-12-10(20)8(18)6(16)4(2-14)22-12/h3-20H,1-2H2/t3-,4+,5-,6-,7+,8+,9-,10-,11+,12-/m0/s1. The molecule has 0 aliphatic carbocycles. The van der Waals surface area contributed by atoms with Crippen molar-refractivity contribution >= 4 is 0 Å². The molecular weight excluding hydrogens is 320 g/mol. The molecule has 11 nitrogen and oxygen atoms in total. The first-order valence-electron chi connectivity index (χ1n) is 7.08. The van der Waals surface area contributed by atoms with E-state index in [4.69, 9.17) is 24.4 Å². The van der Waals surface area contributed by atoms with Crippen molar-refractivity contribution < 1.29 is 55.1 Å². The Morgan fingerprint density at radius 2 is 0.913 bits per heavy atom. The first-order chi connectivity index (χ1) is 10.8. The van der Waals surface area contributed by atoms with E-state index in [2.05, 4.69) is 0 Å². The van der Waals surface area contributed by atoms with E-state index in [1.807, 2.05) is 0 Å². The minimum Gasteiger partial charge on any atom is -0.394 e. The molecular formula is C12H22O11. The summed E-state index contributed by atoms with van der Waals surface area (Å²) in [6.45, 7) is -1.33. The molecule has 2 heterocycles. The van der Waals surface area contributed by atoms with Gasteiger partial charge >= 0.3 is 0 Å².